The lowest BCUT2D eigenvalue weighted by atomic mass is 9.95. The highest BCUT2D eigenvalue weighted by atomic mass is 35.5. The van der Waals surface area contributed by atoms with Gasteiger partial charge in [-0.05, 0) is 45.9 Å². The van der Waals surface area contributed by atoms with Crippen LogP contribution in [0.1, 0.15) is 35.6 Å². The molecule has 25 heavy (non-hydrogen) atoms. The first kappa shape index (κ1) is 19.1. The van der Waals surface area contributed by atoms with E-state index in [0.29, 0.717) is 24.2 Å². The van der Waals surface area contributed by atoms with E-state index in [4.69, 9.17) is 11.6 Å². The van der Waals surface area contributed by atoms with Crippen molar-refractivity contribution in [1.82, 2.24) is 20.6 Å². The summed E-state index contributed by atoms with van der Waals surface area (Å²) in [6.07, 6.45) is 0. The molecule has 1 aromatic carbocycles. The van der Waals surface area contributed by atoms with Crippen molar-refractivity contribution in [2.45, 2.75) is 27.7 Å². The maximum atomic E-state index is 12.2. The highest BCUT2D eigenvalue weighted by Crippen LogP contribution is 2.16. The van der Waals surface area contributed by atoms with Crippen LogP contribution in [0.4, 0.5) is 0 Å². The van der Waals surface area contributed by atoms with Gasteiger partial charge in [-0.25, -0.2) is 9.97 Å². The molecule has 0 spiro atoms. The van der Waals surface area contributed by atoms with Crippen LogP contribution in [0, 0.1) is 19.3 Å². The van der Waals surface area contributed by atoms with Crippen molar-refractivity contribution in [1.29, 1.82) is 0 Å². The Morgan fingerprint density at radius 3 is 2.28 bits per heavy atom. The Labute approximate surface area is 152 Å². The molecular formula is C18H23ClN4O2. The predicted molar refractivity (Wildman–Crippen MR) is 98.9 cm³/mol. The molecule has 0 unspecified atom stereocenters. The van der Waals surface area contributed by atoms with Crippen LogP contribution in [0.3, 0.4) is 0 Å². The lowest BCUT2D eigenvalue weighted by Crippen LogP contribution is -2.41. The van der Waals surface area contributed by atoms with Crippen LogP contribution in [0.2, 0.25) is 0 Å². The van der Waals surface area contributed by atoms with Crippen molar-refractivity contribution < 1.29 is 9.59 Å². The second-order valence-corrected chi connectivity index (χ2v) is 6.89. The van der Waals surface area contributed by atoms with Gasteiger partial charge in [-0.3, -0.25) is 9.59 Å². The summed E-state index contributed by atoms with van der Waals surface area (Å²) >= 11 is 5.76. The monoisotopic (exact) mass is 362 g/mol. The average molecular weight is 363 g/mol. The van der Waals surface area contributed by atoms with E-state index >= 15 is 0 Å². The van der Waals surface area contributed by atoms with E-state index < -0.39 is 5.41 Å². The van der Waals surface area contributed by atoms with Crippen LogP contribution in [0.25, 0.3) is 11.0 Å². The largest absolute Gasteiger partial charge is 0.354 e. The number of nitrogens with one attached hydrogen (secondary N) is 2. The number of benzene rings is 1. The highest BCUT2D eigenvalue weighted by Gasteiger charge is 2.25. The van der Waals surface area contributed by atoms with E-state index in [1.54, 1.807) is 32.0 Å². The molecular weight excluding hydrogens is 340 g/mol. The average Bonchev–Trinajstić information content (AvgIpc) is 2.58. The van der Waals surface area contributed by atoms with Crippen LogP contribution in [-0.2, 0) is 4.79 Å². The number of fused-ring (bicyclic) bond motifs is 1. The number of nitrogens with zero attached hydrogens (tertiary/aromatic N) is 2. The third-order valence-electron chi connectivity index (χ3n) is 3.98. The Bertz CT molecular complexity index is 805. The number of carbonyl (C=O) groups is 2. The zero-order chi connectivity index (χ0) is 18.6. The molecule has 1 aromatic heterocycles. The molecule has 2 amide bonds. The fourth-order valence-corrected chi connectivity index (χ4v) is 2.25. The van der Waals surface area contributed by atoms with Crippen molar-refractivity contribution in [3.63, 3.8) is 0 Å². The Hall–Kier alpha value is -2.21. The molecule has 2 aromatic rings. The molecule has 0 bridgehead atoms. The van der Waals surface area contributed by atoms with Crippen molar-refractivity contribution in [2.75, 3.05) is 19.0 Å². The number of aromatic nitrogens is 2. The van der Waals surface area contributed by atoms with Gasteiger partial charge < -0.3 is 10.6 Å². The molecule has 7 heteroatoms. The van der Waals surface area contributed by atoms with E-state index in [9.17, 15) is 9.59 Å². The number of amides is 2. The number of hydrogen-bond donors (Lipinski definition) is 2. The molecule has 6 nitrogen and oxygen atoms in total. The molecule has 0 fully saturated rings. The van der Waals surface area contributed by atoms with E-state index in [2.05, 4.69) is 20.6 Å². The quantitative estimate of drug-likeness (QED) is 0.610. The maximum absolute atomic E-state index is 12.2. The van der Waals surface area contributed by atoms with Crippen molar-refractivity contribution in [3.8, 4) is 0 Å². The third kappa shape index (κ3) is 4.66. The summed E-state index contributed by atoms with van der Waals surface area (Å²) in [7, 11) is 0. The van der Waals surface area contributed by atoms with Gasteiger partial charge >= 0.3 is 0 Å². The van der Waals surface area contributed by atoms with Crippen LogP contribution in [-0.4, -0.2) is 40.8 Å². The second kappa shape index (κ2) is 7.78. The summed E-state index contributed by atoms with van der Waals surface area (Å²) in [6, 6.07) is 5.23. The van der Waals surface area contributed by atoms with Crippen LogP contribution >= 0.6 is 11.6 Å². The van der Waals surface area contributed by atoms with Crippen molar-refractivity contribution in [3.05, 3.63) is 35.2 Å². The van der Waals surface area contributed by atoms with Crippen molar-refractivity contribution >= 4 is 34.4 Å². The molecule has 0 aliphatic heterocycles. The topological polar surface area (TPSA) is 84.0 Å². The summed E-state index contributed by atoms with van der Waals surface area (Å²) in [4.78, 5) is 33.0. The normalized spacial score (nSPS) is 11.4. The van der Waals surface area contributed by atoms with Gasteiger partial charge in [0.05, 0.1) is 27.8 Å². The number of rotatable bonds is 6. The number of hydrogen-bond acceptors (Lipinski definition) is 4. The summed E-state index contributed by atoms with van der Waals surface area (Å²) in [5.41, 5.74) is 3.05. The Balaban J connectivity index is 1.94. The lowest BCUT2D eigenvalue weighted by Gasteiger charge is -2.20. The molecule has 0 saturated carbocycles. The van der Waals surface area contributed by atoms with Gasteiger partial charge in [-0.15, -0.1) is 11.6 Å². The summed E-state index contributed by atoms with van der Waals surface area (Å²) < 4.78 is 0. The van der Waals surface area contributed by atoms with Crippen LogP contribution < -0.4 is 10.6 Å². The zero-order valence-corrected chi connectivity index (χ0v) is 15.7. The van der Waals surface area contributed by atoms with Gasteiger partial charge in [-0.1, -0.05) is 0 Å². The summed E-state index contributed by atoms with van der Waals surface area (Å²) in [5.74, 6) is -0.112. The molecule has 0 radical (unpaired) electrons. The van der Waals surface area contributed by atoms with Crippen LogP contribution in [0.5, 0.6) is 0 Å². The fourth-order valence-electron chi connectivity index (χ4n) is 2.13. The molecule has 0 atom stereocenters. The molecule has 1 heterocycles. The van der Waals surface area contributed by atoms with Crippen LogP contribution in [0.15, 0.2) is 18.2 Å². The predicted octanol–water partition coefficient (Wildman–Crippen LogP) is 2.36. The van der Waals surface area contributed by atoms with Gasteiger partial charge in [0.1, 0.15) is 0 Å². The Kier molecular flexibility index (Phi) is 5.95. The van der Waals surface area contributed by atoms with Gasteiger partial charge in [0.2, 0.25) is 5.91 Å². The standard InChI is InChI=1S/C18H23ClN4O2/c1-11-12(2)23-15-9-13(5-6-14(15)22-11)16(24)20-7-8-21-17(25)18(3,4)10-19/h5-6,9H,7-8,10H2,1-4H3,(H,20,24)(H,21,25). The zero-order valence-electron chi connectivity index (χ0n) is 14.9. The Morgan fingerprint density at radius 1 is 1.04 bits per heavy atom. The SMILES string of the molecule is Cc1nc2ccc(C(=O)NCCNC(=O)C(C)(C)CCl)cc2nc1C. The minimum atomic E-state index is -0.626. The maximum Gasteiger partial charge on any atom is 0.251 e. The van der Waals surface area contributed by atoms with E-state index in [0.717, 1.165) is 16.9 Å². The minimum Gasteiger partial charge on any atom is -0.354 e. The number of carbonyl (C=O) groups excluding carboxylic acids is 2. The molecule has 134 valence electrons. The molecule has 0 saturated heterocycles. The fraction of sp³-hybridized carbons (Fsp3) is 0.444. The number of alkyl halides is 1. The van der Waals surface area contributed by atoms with Gasteiger partial charge in [0, 0.05) is 24.5 Å². The Morgan fingerprint density at radius 2 is 1.64 bits per heavy atom. The second-order valence-electron chi connectivity index (χ2n) is 6.63. The van der Waals surface area contributed by atoms with E-state index in [1.165, 1.54) is 0 Å². The number of halogens is 1. The smallest absolute Gasteiger partial charge is 0.251 e. The molecule has 0 aliphatic carbocycles. The lowest BCUT2D eigenvalue weighted by molar-refractivity contribution is -0.128. The minimum absolute atomic E-state index is 0.136. The highest BCUT2D eigenvalue weighted by molar-refractivity contribution is 6.19. The van der Waals surface area contributed by atoms with E-state index in [1.807, 2.05) is 13.8 Å². The molecule has 0 aliphatic rings. The number of aryl methyl sites for hydroxylation is 2. The van der Waals surface area contributed by atoms with Crippen molar-refractivity contribution in [2.24, 2.45) is 5.41 Å². The third-order valence-corrected chi connectivity index (χ3v) is 4.65. The summed E-state index contributed by atoms with van der Waals surface area (Å²) in [5, 5.41) is 5.54. The molecule has 2 rings (SSSR count). The van der Waals surface area contributed by atoms with Gasteiger partial charge in [0.25, 0.3) is 5.91 Å². The molecule has 2 N–H and O–H groups in total. The van der Waals surface area contributed by atoms with Gasteiger partial charge in [0.15, 0.2) is 0 Å². The summed E-state index contributed by atoms with van der Waals surface area (Å²) in [6.45, 7) is 8.01. The van der Waals surface area contributed by atoms with E-state index in [-0.39, 0.29) is 17.7 Å². The van der Waals surface area contributed by atoms with Gasteiger partial charge in [-0.2, -0.15) is 0 Å². The first-order chi connectivity index (χ1) is 11.7. The first-order valence-electron chi connectivity index (χ1n) is 8.12. The first-order valence-corrected chi connectivity index (χ1v) is 8.65.